The van der Waals surface area contributed by atoms with Gasteiger partial charge in [0.2, 0.25) is 11.8 Å². The van der Waals surface area contributed by atoms with Crippen LogP contribution in [-0.4, -0.2) is 48.5 Å². The van der Waals surface area contributed by atoms with E-state index < -0.39 is 23.0 Å². The molecule has 0 fully saturated rings. The number of nitrogens with zero attached hydrogens (tertiary/aromatic N) is 2. The Balaban J connectivity index is 2.79. The minimum absolute atomic E-state index is 0.171. The molecule has 12 heteroatoms. The first kappa shape index (κ1) is 26.6. The number of ether oxygens (including phenoxy) is 1. The van der Waals surface area contributed by atoms with Crippen molar-refractivity contribution in [2.45, 2.75) is 51.7 Å². The van der Waals surface area contributed by atoms with Gasteiger partial charge in [-0.2, -0.15) is 0 Å². The first-order chi connectivity index (χ1) is 15.1. The quantitative estimate of drug-likeness (QED) is 0.0862. The van der Waals surface area contributed by atoms with Crippen molar-refractivity contribution < 1.29 is 19.4 Å². The fourth-order valence-electron chi connectivity index (χ4n) is 2.92. The molecule has 12 nitrogen and oxygen atoms in total. The number of primary amides is 1. The lowest BCUT2D eigenvalue weighted by Crippen LogP contribution is -2.52. The molecular weight excluding hydrogens is 418 g/mol. The van der Waals surface area contributed by atoms with E-state index in [9.17, 15) is 19.7 Å². The second kappa shape index (κ2) is 13.8. The van der Waals surface area contributed by atoms with Crippen molar-refractivity contribution in [1.82, 2.24) is 16.1 Å². The van der Waals surface area contributed by atoms with Crippen LogP contribution in [0.4, 0.5) is 0 Å². The van der Waals surface area contributed by atoms with Gasteiger partial charge in [0.1, 0.15) is 11.8 Å². The molecule has 0 radical (unpaired) electrons. The molecule has 2 atom stereocenters. The molecule has 1 aromatic rings. The molecule has 2 amide bonds. The third-order valence-electron chi connectivity index (χ3n) is 4.53. The summed E-state index contributed by atoms with van der Waals surface area (Å²) in [6.45, 7) is 4.46. The van der Waals surface area contributed by atoms with Gasteiger partial charge < -0.3 is 26.8 Å². The number of methoxy groups -OCH3 is 1. The number of benzene rings is 1. The van der Waals surface area contributed by atoms with Gasteiger partial charge in [-0.15, -0.1) is 0 Å². The highest BCUT2D eigenvalue weighted by atomic mass is 16.7. The van der Waals surface area contributed by atoms with Gasteiger partial charge in [-0.05, 0) is 42.9 Å². The van der Waals surface area contributed by atoms with Gasteiger partial charge in [-0.3, -0.25) is 9.59 Å². The molecule has 0 bridgehead atoms. The molecule has 0 aromatic heterocycles. The van der Waals surface area contributed by atoms with E-state index in [4.69, 9.17) is 16.2 Å². The van der Waals surface area contributed by atoms with E-state index in [0.29, 0.717) is 25.8 Å². The highest BCUT2D eigenvalue weighted by Crippen LogP contribution is 2.12. The second-order valence-electron chi connectivity index (χ2n) is 7.65. The third kappa shape index (κ3) is 10.6. The number of hydrogen-bond acceptors (Lipinski definition) is 7. The number of carbonyl (C=O) groups excluding carboxylic acids is 2. The number of nitrogens with one attached hydrogen (secondary N) is 3. The van der Waals surface area contributed by atoms with Crippen LogP contribution in [0, 0.1) is 16.0 Å². The number of guanidine groups is 1. The Morgan fingerprint density at radius 3 is 2.38 bits per heavy atom. The lowest BCUT2D eigenvalue weighted by atomic mass is 10.0. The van der Waals surface area contributed by atoms with Crippen molar-refractivity contribution in [3.05, 3.63) is 39.9 Å². The molecular formula is C20H33N7O5. The summed E-state index contributed by atoms with van der Waals surface area (Å²) in [5, 5.41) is 15.5. The fourth-order valence-corrected chi connectivity index (χ4v) is 2.92. The summed E-state index contributed by atoms with van der Waals surface area (Å²) in [4.78, 5) is 38.8. The highest BCUT2D eigenvalue weighted by molar-refractivity contribution is 5.89. The Labute approximate surface area is 187 Å². The number of hydrogen-bond donors (Lipinski definition) is 5. The minimum atomic E-state index is -0.801. The molecule has 0 saturated heterocycles. The molecule has 7 N–H and O–H groups in total. The minimum Gasteiger partial charge on any atom is -0.497 e. The van der Waals surface area contributed by atoms with Gasteiger partial charge in [0.05, 0.1) is 13.2 Å². The van der Waals surface area contributed by atoms with Gasteiger partial charge in [-0.1, -0.05) is 31.4 Å². The molecule has 0 aliphatic heterocycles. The number of nitrogens with two attached hydrogens (primary N) is 2. The van der Waals surface area contributed by atoms with E-state index in [1.165, 1.54) is 0 Å². The molecule has 0 aliphatic rings. The van der Waals surface area contributed by atoms with E-state index in [1.807, 2.05) is 38.1 Å². The highest BCUT2D eigenvalue weighted by Gasteiger charge is 2.24. The molecule has 178 valence electrons. The zero-order valence-corrected chi connectivity index (χ0v) is 18.7. The summed E-state index contributed by atoms with van der Waals surface area (Å²) in [7, 11) is 1.58. The van der Waals surface area contributed by atoms with Crippen LogP contribution in [0.25, 0.3) is 0 Å². The van der Waals surface area contributed by atoms with E-state index in [-0.39, 0.29) is 24.3 Å². The van der Waals surface area contributed by atoms with Gasteiger partial charge in [0, 0.05) is 13.1 Å². The van der Waals surface area contributed by atoms with Crippen LogP contribution in [0.15, 0.2) is 29.3 Å². The smallest absolute Gasteiger partial charge is 0.251 e. The molecule has 0 unspecified atom stereocenters. The fraction of sp³-hybridized carbons (Fsp3) is 0.550. The molecule has 0 heterocycles. The Kier molecular flexibility index (Phi) is 11.5. The maximum Gasteiger partial charge on any atom is 0.251 e. The number of hydrazine groups is 1. The van der Waals surface area contributed by atoms with Crippen molar-refractivity contribution in [2.75, 3.05) is 13.7 Å². The van der Waals surface area contributed by atoms with Crippen LogP contribution in [0.2, 0.25) is 0 Å². The molecule has 0 saturated carbocycles. The molecule has 32 heavy (non-hydrogen) atoms. The standard InChI is InChI=1S/C20H33N7O5/c1-13(2)11-17(18(21)28)25-19(29)16(5-4-10-23-20(22)26-27(30)31)24-12-14-6-8-15(32-3)9-7-14/h6-9,13,16-17,24H,4-5,10-12H2,1-3H3,(H2,21,28)(H,25,29)(H3,22,23,26)/t16-,17-/m0/s1. The van der Waals surface area contributed by atoms with Crippen molar-refractivity contribution in [3.8, 4) is 5.75 Å². The van der Waals surface area contributed by atoms with E-state index in [0.717, 1.165) is 11.3 Å². The van der Waals surface area contributed by atoms with Crippen LogP contribution in [0.5, 0.6) is 5.75 Å². The Morgan fingerprint density at radius 1 is 1.19 bits per heavy atom. The maximum atomic E-state index is 12.9. The third-order valence-corrected chi connectivity index (χ3v) is 4.53. The number of carbonyl (C=O) groups is 2. The van der Waals surface area contributed by atoms with Crippen LogP contribution in [-0.2, 0) is 16.1 Å². The average molecular weight is 452 g/mol. The molecule has 0 aliphatic carbocycles. The number of amides is 2. The van der Waals surface area contributed by atoms with E-state index in [1.54, 1.807) is 12.5 Å². The second-order valence-corrected chi connectivity index (χ2v) is 7.65. The normalized spacial score (nSPS) is 13.3. The Morgan fingerprint density at radius 2 is 1.84 bits per heavy atom. The maximum absolute atomic E-state index is 12.9. The van der Waals surface area contributed by atoms with Crippen LogP contribution >= 0.6 is 0 Å². The zero-order chi connectivity index (χ0) is 24.1. The topological polar surface area (TPSA) is 187 Å². The lowest BCUT2D eigenvalue weighted by Gasteiger charge is -2.23. The lowest BCUT2D eigenvalue weighted by molar-refractivity contribution is -0.525. The Bertz CT molecular complexity index is 783. The summed E-state index contributed by atoms with van der Waals surface area (Å²) in [5.41, 5.74) is 13.5. The molecule has 1 rings (SSSR count). The van der Waals surface area contributed by atoms with Crippen molar-refractivity contribution in [1.29, 1.82) is 0 Å². The molecule has 0 spiro atoms. The first-order valence-electron chi connectivity index (χ1n) is 10.3. The summed E-state index contributed by atoms with van der Waals surface area (Å²) < 4.78 is 5.14. The van der Waals surface area contributed by atoms with Gasteiger partial charge in [0.25, 0.3) is 5.96 Å². The summed E-state index contributed by atoms with van der Waals surface area (Å²) in [6.07, 6.45) is 1.23. The summed E-state index contributed by atoms with van der Waals surface area (Å²) in [6, 6.07) is 5.98. The van der Waals surface area contributed by atoms with Gasteiger partial charge >= 0.3 is 0 Å². The number of aliphatic imine (C=N–C) groups is 1. The molecule has 1 aromatic carbocycles. The van der Waals surface area contributed by atoms with Crippen LogP contribution in [0.1, 0.15) is 38.7 Å². The number of nitro groups is 1. The van der Waals surface area contributed by atoms with Gasteiger partial charge in [0.15, 0.2) is 5.03 Å². The zero-order valence-electron chi connectivity index (χ0n) is 18.7. The van der Waals surface area contributed by atoms with Gasteiger partial charge in [-0.25, -0.2) is 15.1 Å². The predicted octanol–water partition coefficient (Wildman–Crippen LogP) is 0.0458. The monoisotopic (exact) mass is 451 g/mol. The van der Waals surface area contributed by atoms with Crippen molar-refractivity contribution in [2.24, 2.45) is 22.4 Å². The van der Waals surface area contributed by atoms with Crippen LogP contribution < -0.4 is 32.3 Å². The largest absolute Gasteiger partial charge is 0.497 e. The summed E-state index contributed by atoms with van der Waals surface area (Å²) >= 11 is 0. The van der Waals surface area contributed by atoms with Crippen molar-refractivity contribution in [3.63, 3.8) is 0 Å². The SMILES string of the molecule is COc1ccc(CN[C@@H](CCCN=C(N)N[N+](=O)[O-])C(=O)N[C@@H](CC(C)C)C(N)=O)cc1. The van der Waals surface area contributed by atoms with E-state index >= 15 is 0 Å². The predicted molar refractivity (Wildman–Crippen MR) is 120 cm³/mol. The first-order valence-corrected chi connectivity index (χ1v) is 10.3. The van der Waals surface area contributed by atoms with E-state index in [2.05, 4.69) is 15.6 Å². The van der Waals surface area contributed by atoms with Crippen molar-refractivity contribution >= 4 is 17.8 Å². The number of rotatable bonds is 14. The Hall–Kier alpha value is -3.41. The van der Waals surface area contributed by atoms with Crippen LogP contribution in [0.3, 0.4) is 0 Å². The average Bonchev–Trinajstić information content (AvgIpc) is 2.72. The summed E-state index contributed by atoms with van der Waals surface area (Å²) in [5.74, 6) is -0.370.